The van der Waals surface area contributed by atoms with Crippen LogP contribution in [0.3, 0.4) is 0 Å². The lowest BCUT2D eigenvalue weighted by Crippen LogP contribution is -2.54. The minimum Gasteiger partial charge on any atom is -0.378 e. The minimum atomic E-state index is 0.176. The third-order valence-electron chi connectivity index (χ3n) is 11.0. The number of hydrogen-bond donors (Lipinski definition) is 0. The Labute approximate surface area is 199 Å². The highest BCUT2D eigenvalue weighted by molar-refractivity contribution is 5.29. The summed E-state index contributed by atoms with van der Waals surface area (Å²) in [6.45, 7) is 15.6. The smallest absolute Gasteiger partial charge is 0.105 e. The van der Waals surface area contributed by atoms with Crippen LogP contribution in [-0.4, -0.2) is 25.9 Å². The zero-order chi connectivity index (χ0) is 23.1. The molecule has 3 unspecified atom stereocenters. The minimum absolute atomic E-state index is 0.176. The molecule has 9 atom stereocenters. The maximum Gasteiger partial charge on any atom is 0.105 e. The van der Waals surface area contributed by atoms with E-state index in [9.17, 15) is 0 Å². The maximum atomic E-state index is 6.32. The fourth-order valence-corrected chi connectivity index (χ4v) is 9.32. The van der Waals surface area contributed by atoms with E-state index < -0.39 is 0 Å². The van der Waals surface area contributed by atoms with Gasteiger partial charge in [0.05, 0.1) is 6.10 Å². The fourth-order valence-electron chi connectivity index (χ4n) is 9.32. The number of methoxy groups -OCH3 is 1. The Balaban J connectivity index is 1.52. The molecule has 0 spiro atoms. The first-order chi connectivity index (χ1) is 15.3. The van der Waals surface area contributed by atoms with Crippen molar-refractivity contribution < 1.29 is 9.47 Å². The van der Waals surface area contributed by atoms with E-state index in [-0.39, 0.29) is 12.2 Å². The van der Waals surface area contributed by atoms with Crippen LogP contribution in [0.2, 0.25) is 0 Å². The monoisotopic (exact) mass is 444 g/mol. The van der Waals surface area contributed by atoms with Crippen molar-refractivity contribution in [3.05, 3.63) is 11.6 Å². The van der Waals surface area contributed by atoms with Gasteiger partial charge in [-0.15, -0.1) is 0 Å². The van der Waals surface area contributed by atoms with Crippen molar-refractivity contribution in [2.75, 3.05) is 13.7 Å². The van der Waals surface area contributed by atoms with Gasteiger partial charge in [0.1, 0.15) is 6.10 Å². The predicted molar refractivity (Wildman–Crippen MR) is 135 cm³/mol. The van der Waals surface area contributed by atoms with Gasteiger partial charge in [-0.2, -0.15) is 0 Å². The van der Waals surface area contributed by atoms with E-state index in [1.165, 1.54) is 57.8 Å². The Morgan fingerprint density at radius 1 is 1.00 bits per heavy atom. The van der Waals surface area contributed by atoms with Gasteiger partial charge in [-0.25, -0.2) is 0 Å². The summed E-state index contributed by atoms with van der Waals surface area (Å²) in [5, 5.41) is 0. The zero-order valence-electron chi connectivity index (χ0n) is 22.3. The molecule has 2 nitrogen and oxygen atoms in total. The molecule has 0 saturated heterocycles. The van der Waals surface area contributed by atoms with Gasteiger partial charge in [0.2, 0.25) is 0 Å². The Bertz CT molecular complexity index is 668. The first kappa shape index (κ1) is 24.8. The Hall–Kier alpha value is -0.340. The molecule has 0 amide bonds. The molecule has 32 heavy (non-hydrogen) atoms. The van der Waals surface area contributed by atoms with Crippen LogP contribution >= 0.6 is 0 Å². The lowest BCUT2D eigenvalue weighted by Gasteiger charge is -2.59. The predicted octanol–water partition coefficient (Wildman–Crippen LogP) is 8.06. The summed E-state index contributed by atoms with van der Waals surface area (Å²) in [6.07, 6.45) is 16.9. The molecule has 0 aliphatic heterocycles. The van der Waals surface area contributed by atoms with E-state index in [1.54, 1.807) is 5.57 Å². The molecule has 4 aliphatic carbocycles. The van der Waals surface area contributed by atoms with Gasteiger partial charge in [-0.1, -0.05) is 60.0 Å². The Kier molecular flexibility index (Phi) is 7.53. The van der Waals surface area contributed by atoms with Crippen LogP contribution in [0.25, 0.3) is 0 Å². The molecule has 0 N–H and O–H groups in total. The Morgan fingerprint density at radius 2 is 1.78 bits per heavy atom. The summed E-state index contributed by atoms with van der Waals surface area (Å²) in [5.41, 5.74) is 2.49. The molecule has 3 saturated carbocycles. The summed E-state index contributed by atoms with van der Waals surface area (Å²) in [6, 6.07) is 0. The molecule has 0 aromatic heterocycles. The first-order valence-electron chi connectivity index (χ1n) is 14.1. The second kappa shape index (κ2) is 9.73. The van der Waals surface area contributed by atoms with Gasteiger partial charge in [-0.3, -0.25) is 0 Å². The molecular weight excluding hydrogens is 392 g/mol. The number of fused-ring (bicyclic) bond motifs is 5. The second-order valence-electron chi connectivity index (χ2n) is 12.9. The lowest BCUT2D eigenvalue weighted by atomic mass is 9.46. The van der Waals surface area contributed by atoms with E-state index in [0.29, 0.717) is 10.8 Å². The third-order valence-corrected chi connectivity index (χ3v) is 11.0. The van der Waals surface area contributed by atoms with Crippen LogP contribution < -0.4 is 0 Å². The SMILES string of the molecule is CCO[C@@H]1C2=CC[C@H]3C4CCC([C@H](C)CCCC(C)C)[C@@]4(C)CCC3[C@@]2(C)CC[C@@H]1OC. The summed E-state index contributed by atoms with van der Waals surface area (Å²) in [4.78, 5) is 0. The van der Waals surface area contributed by atoms with Crippen molar-refractivity contribution in [2.45, 2.75) is 118 Å². The van der Waals surface area contributed by atoms with Crippen LogP contribution in [0.15, 0.2) is 11.6 Å². The molecule has 0 aromatic carbocycles. The standard InChI is InChI=1S/C30H52O2/c1-8-32-28-26-13-12-22-24-15-14-23(21(4)11-9-10-20(2)3)29(24,5)18-16-25(22)30(26,6)19-17-27(28)31-7/h13,20-25,27-28H,8-12,14-19H2,1-7H3/t21-,22+,23?,24?,25?,27+,28-,29-,30-/m1/s1. The summed E-state index contributed by atoms with van der Waals surface area (Å²) in [7, 11) is 1.87. The van der Waals surface area contributed by atoms with Crippen molar-refractivity contribution in [3.8, 4) is 0 Å². The number of rotatable bonds is 8. The highest BCUT2D eigenvalue weighted by Crippen LogP contribution is 2.67. The van der Waals surface area contributed by atoms with E-state index >= 15 is 0 Å². The van der Waals surface area contributed by atoms with E-state index in [2.05, 4.69) is 47.6 Å². The molecule has 4 aliphatic rings. The first-order valence-corrected chi connectivity index (χ1v) is 14.1. The van der Waals surface area contributed by atoms with Gasteiger partial charge in [0.15, 0.2) is 0 Å². The second-order valence-corrected chi connectivity index (χ2v) is 12.9. The topological polar surface area (TPSA) is 18.5 Å². The number of allylic oxidation sites excluding steroid dienone is 1. The average Bonchev–Trinajstić information content (AvgIpc) is 3.11. The fraction of sp³-hybridized carbons (Fsp3) is 0.933. The van der Waals surface area contributed by atoms with Crippen LogP contribution in [0.1, 0.15) is 106 Å². The van der Waals surface area contributed by atoms with E-state index in [4.69, 9.17) is 9.47 Å². The summed E-state index contributed by atoms with van der Waals surface area (Å²) >= 11 is 0. The third kappa shape index (κ3) is 4.15. The van der Waals surface area contributed by atoms with Crippen LogP contribution in [0.4, 0.5) is 0 Å². The van der Waals surface area contributed by atoms with Crippen molar-refractivity contribution in [3.63, 3.8) is 0 Å². The van der Waals surface area contributed by atoms with Crippen LogP contribution in [0.5, 0.6) is 0 Å². The zero-order valence-corrected chi connectivity index (χ0v) is 22.3. The number of ether oxygens (including phenoxy) is 2. The number of hydrogen-bond acceptors (Lipinski definition) is 2. The van der Waals surface area contributed by atoms with Gasteiger partial charge in [-0.05, 0) is 104 Å². The van der Waals surface area contributed by atoms with Gasteiger partial charge in [0.25, 0.3) is 0 Å². The van der Waals surface area contributed by atoms with Crippen molar-refractivity contribution in [1.82, 2.24) is 0 Å². The van der Waals surface area contributed by atoms with Crippen molar-refractivity contribution in [2.24, 2.45) is 46.3 Å². The van der Waals surface area contributed by atoms with Crippen molar-refractivity contribution >= 4 is 0 Å². The average molecular weight is 445 g/mol. The lowest BCUT2D eigenvalue weighted by molar-refractivity contribution is -0.104. The highest BCUT2D eigenvalue weighted by atomic mass is 16.5. The molecular formula is C30H52O2. The molecule has 3 fully saturated rings. The van der Waals surface area contributed by atoms with Gasteiger partial charge < -0.3 is 9.47 Å². The molecule has 0 heterocycles. The molecule has 4 rings (SSSR count). The van der Waals surface area contributed by atoms with Crippen LogP contribution in [0, 0.1) is 46.3 Å². The summed E-state index contributed by atoms with van der Waals surface area (Å²) < 4.78 is 12.2. The normalized spacial score (nSPS) is 44.6. The van der Waals surface area contributed by atoms with Crippen molar-refractivity contribution in [1.29, 1.82) is 0 Å². The highest BCUT2D eigenvalue weighted by Gasteiger charge is 2.60. The molecule has 184 valence electrons. The molecule has 0 bridgehead atoms. The van der Waals surface area contributed by atoms with Gasteiger partial charge in [0, 0.05) is 13.7 Å². The summed E-state index contributed by atoms with van der Waals surface area (Å²) in [5.74, 6) is 5.35. The Morgan fingerprint density at radius 3 is 2.47 bits per heavy atom. The van der Waals surface area contributed by atoms with Crippen LogP contribution in [-0.2, 0) is 9.47 Å². The quantitative estimate of drug-likeness (QED) is 0.352. The van der Waals surface area contributed by atoms with E-state index in [0.717, 1.165) is 48.5 Å². The molecule has 0 radical (unpaired) electrons. The molecule has 0 aromatic rings. The van der Waals surface area contributed by atoms with Gasteiger partial charge >= 0.3 is 0 Å². The maximum absolute atomic E-state index is 6.32. The van der Waals surface area contributed by atoms with E-state index in [1.807, 2.05) is 7.11 Å². The molecule has 2 heteroatoms. The largest absolute Gasteiger partial charge is 0.378 e.